The molecular formula is C14H22N2O3S. The third kappa shape index (κ3) is 6.16. The first-order valence-electron chi connectivity index (χ1n) is 6.50. The maximum atomic E-state index is 12.1. The topological polar surface area (TPSA) is 80.5 Å². The lowest BCUT2D eigenvalue weighted by Crippen LogP contribution is -2.23. The Kier molecular flexibility index (Phi) is 6.16. The minimum absolute atomic E-state index is 0.00970. The summed E-state index contributed by atoms with van der Waals surface area (Å²) in [7, 11) is 0.539. The first-order valence-corrected chi connectivity index (χ1v) is 8.32. The molecule has 0 atom stereocenters. The third-order valence-electron chi connectivity index (χ3n) is 2.98. The smallest absolute Gasteiger partial charge is 0.217 e. The van der Waals surface area contributed by atoms with Crippen molar-refractivity contribution in [1.29, 1.82) is 0 Å². The van der Waals surface area contributed by atoms with Crippen LogP contribution in [0.3, 0.4) is 0 Å². The summed E-state index contributed by atoms with van der Waals surface area (Å²) in [5.74, 6) is -0.241. The van der Waals surface area contributed by atoms with Gasteiger partial charge >= 0.3 is 0 Å². The molecule has 20 heavy (non-hydrogen) atoms. The van der Waals surface area contributed by atoms with E-state index in [1.165, 1.54) is 0 Å². The predicted molar refractivity (Wildman–Crippen MR) is 80.0 cm³/mol. The molecule has 0 fully saturated rings. The molecule has 6 heteroatoms. The van der Waals surface area contributed by atoms with Crippen LogP contribution < -0.4 is 5.73 Å². The first kappa shape index (κ1) is 16.7. The summed E-state index contributed by atoms with van der Waals surface area (Å²) in [5.41, 5.74) is 6.77. The molecule has 1 rings (SSSR count). The predicted octanol–water partition coefficient (Wildman–Crippen LogP) is 0.581. The van der Waals surface area contributed by atoms with Crippen LogP contribution in [0.1, 0.15) is 17.5 Å². The average molecular weight is 298 g/mol. The number of carbonyl (C=O) groups is 1. The normalized spacial score (nSPS) is 11.8. The van der Waals surface area contributed by atoms with Gasteiger partial charge in [0, 0.05) is 13.0 Å². The lowest BCUT2D eigenvalue weighted by atomic mass is 10.0. The standard InChI is InChI=1S/C14H22N2O3S/c1-16(2)9-10-20(18,19)11-13-6-4-3-5-12(13)7-8-14(15)17/h3-6H,7-11H2,1-2H3,(H2,15,17). The number of hydrogen-bond acceptors (Lipinski definition) is 4. The fourth-order valence-electron chi connectivity index (χ4n) is 1.83. The van der Waals surface area contributed by atoms with Crippen LogP contribution in [0.4, 0.5) is 0 Å². The summed E-state index contributed by atoms with van der Waals surface area (Å²) < 4.78 is 24.2. The van der Waals surface area contributed by atoms with Crippen LogP contribution >= 0.6 is 0 Å². The largest absolute Gasteiger partial charge is 0.370 e. The summed E-state index contributed by atoms with van der Waals surface area (Å²) in [6.45, 7) is 0.506. The molecule has 0 saturated carbocycles. The van der Waals surface area contributed by atoms with E-state index in [0.717, 1.165) is 11.1 Å². The number of sulfone groups is 1. The van der Waals surface area contributed by atoms with Crippen molar-refractivity contribution in [1.82, 2.24) is 4.90 Å². The zero-order valence-electron chi connectivity index (χ0n) is 12.0. The van der Waals surface area contributed by atoms with Crippen molar-refractivity contribution in [3.8, 4) is 0 Å². The molecule has 0 bridgehead atoms. The first-order chi connectivity index (χ1) is 9.30. The van der Waals surface area contributed by atoms with Crippen molar-refractivity contribution >= 4 is 15.7 Å². The van der Waals surface area contributed by atoms with Gasteiger partial charge in [-0.2, -0.15) is 0 Å². The van der Waals surface area contributed by atoms with Gasteiger partial charge in [-0.3, -0.25) is 4.79 Å². The Labute approximate surface area is 120 Å². The summed E-state index contributed by atoms with van der Waals surface area (Å²) >= 11 is 0. The SMILES string of the molecule is CN(C)CCS(=O)(=O)Cc1ccccc1CCC(N)=O. The van der Waals surface area contributed by atoms with Gasteiger partial charge in [-0.05, 0) is 31.6 Å². The minimum Gasteiger partial charge on any atom is -0.370 e. The minimum atomic E-state index is -3.15. The molecule has 0 aliphatic carbocycles. The van der Waals surface area contributed by atoms with Gasteiger partial charge < -0.3 is 10.6 Å². The number of benzene rings is 1. The van der Waals surface area contributed by atoms with Gasteiger partial charge in [0.15, 0.2) is 9.84 Å². The van der Waals surface area contributed by atoms with Gasteiger partial charge in [0.25, 0.3) is 0 Å². The van der Waals surface area contributed by atoms with Crippen LogP contribution in [-0.2, 0) is 26.8 Å². The van der Waals surface area contributed by atoms with Crippen molar-refractivity contribution in [2.24, 2.45) is 5.73 Å². The molecule has 0 saturated heterocycles. The van der Waals surface area contributed by atoms with E-state index in [2.05, 4.69) is 0 Å². The second-order valence-electron chi connectivity index (χ2n) is 5.13. The molecule has 5 nitrogen and oxygen atoms in total. The highest BCUT2D eigenvalue weighted by Crippen LogP contribution is 2.15. The van der Waals surface area contributed by atoms with Crippen molar-refractivity contribution in [2.75, 3.05) is 26.4 Å². The van der Waals surface area contributed by atoms with Crippen molar-refractivity contribution in [3.05, 3.63) is 35.4 Å². The molecule has 112 valence electrons. The molecule has 1 amide bonds. The van der Waals surface area contributed by atoms with Crippen molar-refractivity contribution in [3.63, 3.8) is 0 Å². The molecule has 0 aliphatic heterocycles. The Morgan fingerprint density at radius 3 is 2.35 bits per heavy atom. The number of carbonyl (C=O) groups excluding carboxylic acids is 1. The third-order valence-corrected chi connectivity index (χ3v) is 4.54. The number of primary amides is 1. The molecule has 0 heterocycles. The molecule has 1 aromatic rings. The molecule has 0 unspecified atom stereocenters. The average Bonchev–Trinajstić information content (AvgIpc) is 2.35. The summed E-state index contributed by atoms with van der Waals surface area (Å²) in [6.07, 6.45) is 0.712. The van der Waals surface area contributed by atoms with Crippen molar-refractivity contribution in [2.45, 2.75) is 18.6 Å². The Balaban J connectivity index is 2.78. The van der Waals surface area contributed by atoms with Crippen LogP contribution in [0.2, 0.25) is 0 Å². The molecule has 0 radical (unpaired) electrons. The van der Waals surface area contributed by atoms with Gasteiger partial charge in [-0.1, -0.05) is 24.3 Å². The number of nitrogens with zero attached hydrogens (tertiary/aromatic N) is 1. The maximum Gasteiger partial charge on any atom is 0.217 e. The highest BCUT2D eigenvalue weighted by Gasteiger charge is 2.15. The van der Waals surface area contributed by atoms with Crippen LogP contribution in [0.5, 0.6) is 0 Å². The summed E-state index contributed by atoms with van der Waals surface area (Å²) in [5, 5.41) is 0. The fraction of sp³-hybridized carbons (Fsp3) is 0.500. The van der Waals surface area contributed by atoms with Crippen LogP contribution in [0, 0.1) is 0 Å². The van der Waals surface area contributed by atoms with E-state index in [-0.39, 0.29) is 23.8 Å². The highest BCUT2D eigenvalue weighted by atomic mass is 32.2. The number of amides is 1. The van der Waals surface area contributed by atoms with Gasteiger partial charge in [-0.15, -0.1) is 0 Å². The van der Waals surface area contributed by atoms with Gasteiger partial charge in [0.1, 0.15) is 0 Å². The lowest BCUT2D eigenvalue weighted by molar-refractivity contribution is -0.117. The lowest BCUT2D eigenvalue weighted by Gasteiger charge is -2.12. The molecule has 2 N–H and O–H groups in total. The summed E-state index contributed by atoms with van der Waals surface area (Å²) in [4.78, 5) is 12.7. The Morgan fingerprint density at radius 2 is 1.80 bits per heavy atom. The van der Waals surface area contributed by atoms with E-state index in [9.17, 15) is 13.2 Å². The number of nitrogens with two attached hydrogens (primary N) is 1. The van der Waals surface area contributed by atoms with Gasteiger partial charge in [-0.25, -0.2) is 8.42 Å². The molecule has 0 aromatic heterocycles. The zero-order chi connectivity index (χ0) is 15.2. The van der Waals surface area contributed by atoms with E-state index in [1.807, 2.05) is 37.2 Å². The van der Waals surface area contributed by atoms with Crippen LogP contribution in [-0.4, -0.2) is 45.6 Å². The molecule has 0 spiro atoms. The maximum absolute atomic E-state index is 12.1. The molecule has 1 aromatic carbocycles. The van der Waals surface area contributed by atoms with E-state index in [4.69, 9.17) is 5.73 Å². The van der Waals surface area contributed by atoms with E-state index < -0.39 is 9.84 Å². The fourth-order valence-corrected chi connectivity index (χ4v) is 3.37. The molecular weight excluding hydrogens is 276 g/mol. The van der Waals surface area contributed by atoms with E-state index in [1.54, 1.807) is 6.07 Å². The number of rotatable bonds is 8. The van der Waals surface area contributed by atoms with Crippen LogP contribution in [0.15, 0.2) is 24.3 Å². The summed E-state index contributed by atoms with van der Waals surface area (Å²) in [6, 6.07) is 7.29. The quantitative estimate of drug-likeness (QED) is 0.761. The van der Waals surface area contributed by atoms with E-state index >= 15 is 0 Å². The Bertz CT molecular complexity index is 553. The monoisotopic (exact) mass is 298 g/mol. The number of aryl methyl sites for hydroxylation is 1. The number of hydrogen-bond donors (Lipinski definition) is 1. The Morgan fingerprint density at radius 1 is 1.20 bits per heavy atom. The van der Waals surface area contributed by atoms with Gasteiger partial charge in [0.05, 0.1) is 11.5 Å². The molecule has 0 aliphatic rings. The van der Waals surface area contributed by atoms with E-state index in [0.29, 0.717) is 13.0 Å². The van der Waals surface area contributed by atoms with Crippen molar-refractivity contribution < 1.29 is 13.2 Å². The second kappa shape index (κ2) is 7.40. The van der Waals surface area contributed by atoms with Crippen LogP contribution in [0.25, 0.3) is 0 Å². The highest BCUT2D eigenvalue weighted by molar-refractivity contribution is 7.90. The Hall–Kier alpha value is -1.40. The zero-order valence-corrected chi connectivity index (χ0v) is 12.8. The second-order valence-corrected chi connectivity index (χ2v) is 7.31. The van der Waals surface area contributed by atoms with Gasteiger partial charge in [0.2, 0.25) is 5.91 Å².